The van der Waals surface area contributed by atoms with Crippen molar-refractivity contribution in [2.75, 3.05) is 0 Å². The zero-order chi connectivity index (χ0) is 16.0. The molecule has 1 radical (unpaired) electrons. The third-order valence-corrected chi connectivity index (χ3v) is 4.22. The van der Waals surface area contributed by atoms with Crippen molar-refractivity contribution in [1.29, 1.82) is 0 Å². The van der Waals surface area contributed by atoms with Crippen molar-refractivity contribution in [2.24, 2.45) is 0 Å². The predicted octanol–water partition coefficient (Wildman–Crippen LogP) is 4.89. The van der Waals surface area contributed by atoms with Crippen LogP contribution in [-0.4, -0.2) is 4.89 Å². The van der Waals surface area contributed by atoms with E-state index in [2.05, 4.69) is 0 Å². The maximum atomic E-state index is 10.8. The first-order valence-electron chi connectivity index (χ1n) is 7.09. The molecule has 0 spiro atoms. The first kappa shape index (κ1) is 18.4. The van der Waals surface area contributed by atoms with Gasteiger partial charge in [0.1, 0.15) is 0 Å². The Balaban J connectivity index is 0.00000208. The van der Waals surface area contributed by atoms with E-state index in [9.17, 15) is 4.89 Å². The monoisotopic (exact) mass is 378 g/mol. The van der Waals surface area contributed by atoms with E-state index in [0.717, 1.165) is 0 Å². The van der Waals surface area contributed by atoms with Crippen LogP contribution in [0.2, 0.25) is 0 Å². The minimum atomic E-state index is -3.64. The summed E-state index contributed by atoms with van der Waals surface area (Å²) < 4.78 is 16.9. The molecule has 0 bridgehead atoms. The normalized spacial score (nSPS) is 10.4. The minimum Gasteiger partial charge on any atom is -0.248 e. The molecule has 0 aromatic heterocycles. The van der Waals surface area contributed by atoms with Gasteiger partial charge in [0.2, 0.25) is 0 Å². The van der Waals surface area contributed by atoms with Crippen LogP contribution in [0, 0.1) is 0 Å². The fourth-order valence-electron chi connectivity index (χ4n) is 1.90. The second-order valence-corrected chi connectivity index (χ2v) is 6.17. The summed E-state index contributed by atoms with van der Waals surface area (Å²) in [5.74, 6) is 1.40. The van der Waals surface area contributed by atoms with Gasteiger partial charge in [-0.1, -0.05) is 54.6 Å². The van der Waals surface area contributed by atoms with Crippen LogP contribution >= 0.6 is 8.17 Å². The van der Waals surface area contributed by atoms with Gasteiger partial charge in [0.25, 0.3) is 0 Å². The molecule has 1 N–H and O–H groups in total. The third kappa shape index (κ3) is 5.29. The molecule has 0 aliphatic carbocycles. The van der Waals surface area contributed by atoms with Gasteiger partial charge in [-0.05, 0) is 36.4 Å². The van der Waals surface area contributed by atoms with E-state index >= 15 is 0 Å². The Morgan fingerprint density at radius 2 is 0.750 bits per heavy atom. The fourth-order valence-corrected chi connectivity index (χ4v) is 3.18. The Hall–Kier alpha value is -1.97. The van der Waals surface area contributed by atoms with Crippen molar-refractivity contribution in [2.45, 2.75) is 0 Å². The van der Waals surface area contributed by atoms with Crippen LogP contribution in [0.15, 0.2) is 91.0 Å². The van der Waals surface area contributed by atoms with Gasteiger partial charge in [-0.15, -0.1) is 4.89 Å². The van der Waals surface area contributed by atoms with Crippen molar-refractivity contribution in [3.63, 3.8) is 0 Å². The van der Waals surface area contributed by atoms with E-state index in [4.69, 9.17) is 13.6 Å². The molecule has 121 valence electrons. The van der Waals surface area contributed by atoms with E-state index in [-0.39, 0.29) is 18.6 Å². The summed E-state index contributed by atoms with van der Waals surface area (Å²) in [6, 6.07) is 26.8. The topological polar surface area (TPSA) is 47.9 Å². The molecule has 0 fully saturated rings. The molecule has 3 aromatic rings. The van der Waals surface area contributed by atoms with Crippen molar-refractivity contribution < 1.29 is 37.0 Å². The molecule has 4 nitrogen and oxygen atoms in total. The molecule has 0 heterocycles. The first-order valence-corrected chi connectivity index (χ1v) is 8.59. The van der Waals surface area contributed by atoms with Crippen LogP contribution in [0.1, 0.15) is 0 Å². The van der Waals surface area contributed by atoms with Gasteiger partial charge in [0.15, 0.2) is 17.2 Å². The van der Waals surface area contributed by atoms with Gasteiger partial charge in [0, 0.05) is 18.6 Å². The third-order valence-electron chi connectivity index (χ3n) is 2.89. The SMILES string of the molecule is O[P+](Oc1ccccc1)(Oc1ccccc1)Oc1ccccc1.[V]. The molecule has 3 aromatic carbocycles. The second-order valence-electron chi connectivity index (χ2n) is 4.68. The van der Waals surface area contributed by atoms with Crippen LogP contribution in [-0.2, 0) is 18.6 Å². The van der Waals surface area contributed by atoms with Crippen molar-refractivity contribution in [3.05, 3.63) is 91.0 Å². The number of para-hydroxylation sites is 3. The average molecular weight is 378 g/mol. The fraction of sp³-hybridized carbons (Fsp3) is 0. The van der Waals surface area contributed by atoms with Gasteiger partial charge in [-0.3, -0.25) is 0 Å². The van der Waals surface area contributed by atoms with Crippen LogP contribution in [0.5, 0.6) is 17.2 Å². The van der Waals surface area contributed by atoms with Crippen LogP contribution in [0.25, 0.3) is 0 Å². The summed E-state index contributed by atoms with van der Waals surface area (Å²) in [7, 11) is -3.64. The number of hydrogen-bond acceptors (Lipinski definition) is 4. The van der Waals surface area contributed by atoms with Gasteiger partial charge in [0.05, 0.1) is 0 Å². The summed E-state index contributed by atoms with van der Waals surface area (Å²) in [6.45, 7) is 0. The first-order chi connectivity index (χ1) is 11.2. The van der Waals surface area contributed by atoms with Gasteiger partial charge in [-0.2, -0.15) is 0 Å². The molecular weight excluding hydrogens is 362 g/mol. The second kappa shape index (κ2) is 8.77. The Labute approximate surface area is 153 Å². The molecule has 3 rings (SSSR count). The number of rotatable bonds is 6. The van der Waals surface area contributed by atoms with Crippen molar-refractivity contribution in [1.82, 2.24) is 0 Å². The summed E-state index contributed by atoms with van der Waals surface area (Å²) in [4.78, 5) is 10.8. The maximum absolute atomic E-state index is 10.8. The van der Waals surface area contributed by atoms with Gasteiger partial charge in [-0.25, -0.2) is 13.6 Å². The summed E-state index contributed by atoms with van der Waals surface area (Å²) in [6.07, 6.45) is 0. The summed E-state index contributed by atoms with van der Waals surface area (Å²) >= 11 is 0. The van der Waals surface area contributed by atoms with Crippen LogP contribution in [0.4, 0.5) is 0 Å². The molecule has 0 amide bonds. The molecule has 0 aliphatic rings. The molecule has 0 saturated heterocycles. The van der Waals surface area contributed by atoms with E-state index in [1.165, 1.54) is 0 Å². The number of hydrogen-bond donors (Lipinski definition) is 1. The Morgan fingerprint density at radius 3 is 1.00 bits per heavy atom. The Bertz CT molecular complexity index is 624. The molecule has 6 heteroatoms. The van der Waals surface area contributed by atoms with Crippen molar-refractivity contribution >= 4 is 8.17 Å². The van der Waals surface area contributed by atoms with E-state index in [1.807, 2.05) is 54.6 Å². The zero-order valence-electron chi connectivity index (χ0n) is 12.7. The molecule has 24 heavy (non-hydrogen) atoms. The quantitative estimate of drug-likeness (QED) is 0.621. The predicted molar refractivity (Wildman–Crippen MR) is 90.3 cm³/mol. The maximum Gasteiger partial charge on any atom is 0.714 e. The summed E-state index contributed by atoms with van der Waals surface area (Å²) in [5, 5.41) is 0. The Morgan fingerprint density at radius 1 is 0.500 bits per heavy atom. The molecule has 0 unspecified atom stereocenters. The zero-order valence-corrected chi connectivity index (χ0v) is 15.0. The number of benzene rings is 3. The average Bonchev–Trinajstić information content (AvgIpc) is 2.57. The minimum absolute atomic E-state index is 0. The largest absolute Gasteiger partial charge is 0.714 e. The summed E-state index contributed by atoms with van der Waals surface area (Å²) in [5.41, 5.74) is 0. The van der Waals surface area contributed by atoms with Crippen LogP contribution < -0.4 is 13.6 Å². The molecule has 0 saturated carbocycles. The molecular formula is C18H16O4PV+. The standard InChI is InChI=1S/C18H16O4P.V/c19-23(20-16-10-4-1-5-11-16,21-17-12-6-2-7-13-17)22-18-14-8-3-9-15-18;/h1-15,19H;/q+1;. The molecule has 0 atom stereocenters. The van der Waals surface area contributed by atoms with E-state index in [1.54, 1.807) is 36.4 Å². The van der Waals surface area contributed by atoms with E-state index < -0.39 is 8.17 Å². The Kier molecular flexibility index (Phi) is 6.71. The smallest absolute Gasteiger partial charge is 0.248 e. The van der Waals surface area contributed by atoms with Crippen LogP contribution in [0.3, 0.4) is 0 Å². The molecule has 0 aliphatic heterocycles. The van der Waals surface area contributed by atoms with E-state index in [0.29, 0.717) is 17.2 Å². The van der Waals surface area contributed by atoms with Gasteiger partial charge < -0.3 is 0 Å². The van der Waals surface area contributed by atoms with Crippen molar-refractivity contribution in [3.8, 4) is 17.2 Å². The van der Waals surface area contributed by atoms with Gasteiger partial charge >= 0.3 is 8.17 Å².